The summed E-state index contributed by atoms with van der Waals surface area (Å²) in [6.07, 6.45) is 2.45. The number of carbonyl (C=O) groups excluding carboxylic acids is 2. The lowest BCUT2D eigenvalue weighted by Gasteiger charge is -2.17. The number of ether oxygens (including phenoxy) is 2. The van der Waals surface area contributed by atoms with Crippen LogP contribution in [-0.4, -0.2) is 30.7 Å². The third-order valence-corrected chi connectivity index (χ3v) is 4.36. The number of esters is 1. The Kier molecular flexibility index (Phi) is 4.50. The molecule has 0 saturated heterocycles. The number of halogens is 1. The highest BCUT2D eigenvalue weighted by Crippen LogP contribution is 2.43. The number of anilines is 1. The number of pyridine rings is 1. The van der Waals surface area contributed by atoms with Crippen LogP contribution in [-0.2, 0) is 15.1 Å². The molecule has 1 fully saturated rings. The van der Waals surface area contributed by atoms with Gasteiger partial charge in [0.2, 0.25) is 0 Å². The van der Waals surface area contributed by atoms with E-state index in [0.717, 1.165) is 6.07 Å². The molecule has 3 rings (SSSR count). The zero-order valence-electron chi connectivity index (χ0n) is 14.2. The van der Waals surface area contributed by atoms with E-state index in [1.54, 1.807) is 6.07 Å². The summed E-state index contributed by atoms with van der Waals surface area (Å²) in [5.74, 6) is -1.82. The quantitative estimate of drug-likeness (QED) is 0.823. The molecule has 0 atom stereocenters. The number of nitrogens with zero attached hydrogens (tertiary/aromatic N) is 1. The number of hydrogen-bond acceptors (Lipinski definition) is 5. The first-order chi connectivity index (χ1) is 12.4. The average Bonchev–Trinajstić information content (AvgIpc) is 3.44. The summed E-state index contributed by atoms with van der Waals surface area (Å²) >= 11 is 0. The van der Waals surface area contributed by atoms with Crippen LogP contribution in [0.2, 0.25) is 0 Å². The van der Waals surface area contributed by atoms with Crippen molar-refractivity contribution in [1.82, 2.24) is 4.57 Å². The summed E-state index contributed by atoms with van der Waals surface area (Å²) in [5.41, 5.74) is -1.52. The molecule has 0 radical (unpaired) electrons. The molecule has 136 valence electrons. The van der Waals surface area contributed by atoms with E-state index < -0.39 is 28.8 Å². The summed E-state index contributed by atoms with van der Waals surface area (Å²) < 4.78 is 24.6. The molecule has 26 heavy (non-hydrogen) atoms. The molecule has 0 spiro atoms. The zero-order valence-corrected chi connectivity index (χ0v) is 14.2. The van der Waals surface area contributed by atoms with Crippen LogP contribution in [0.5, 0.6) is 5.75 Å². The van der Waals surface area contributed by atoms with Gasteiger partial charge in [-0.15, -0.1) is 0 Å². The van der Waals surface area contributed by atoms with Crippen molar-refractivity contribution in [3.05, 3.63) is 58.3 Å². The van der Waals surface area contributed by atoms with Crippen LogP contribution in [0.25, 0.3) is 0 Å². The number of amides is 1. The van der Waals surface area contributed by atoms with Gasteiger partial charge in [0, 0.05) is 11.8 Å². The Bertz CT molecular complexity index is 933. The molecule has 1 aromatic heterocycles. The molecule has 0 bridgehead atoms. The SMILES string of the molecule is COC(=O)C1(n2cccc(NC(=O)c3ccc(OC)c(F)c3)c2=O)CC1. The van der Waals surface area contributed by atoms with Crippen molar-refractivity contribution in [1.29, 1.82) is 0 Å². The van der Waals surface area contributed by atoms with Crippen molar-refractivity contribution in [3.8, 4) is 5.75 Å². The molecule has 2 aromatic rings. The highest BCUT2D eigenvalue weighted by Gasteiger charge is 2.53. The number of methoxy groups -OCH3 is 2. The van der Waals surface area contributed by atoms with E-state index in [0.29, 0.717) is 12.8 Å². The predicted molar refractivity (Wildman–Crippen MR) is 90.8 cm³/mol. The Balaban J connectivity index is 1.88. The van der Waals surface area contributed by atoms with Gasteiger partial charge in [-0.05, 0) is 43.2 Å². The first kappa shape index (κ1) is 17.7. The first-order valence-corrected chi connectivity index (χ1v) is 7.88. The Hall–Kier alpha value is -3.16. The molecule has 1 aliphatic rings. The second-order valence-corrected chi connectivity index (χ2v) is 5.92. The number of rotatable bonds is 5. The number of aromatic nitrogens is 1. The lowest BCUT2D eigenvalue weighted by molar-refractivity contribution is -0.146. The number of carbonyl (C=O) groups is 2. The largest absolute Gasteiger partial charge is 0.494 e. The van der Waals surface area contributed by atoms with Gasteiger partial charge in [0.1, 0.15) is 11.2 Å². The van der Waals surface area contributed by atoms with Crippen molar-refractivity contribution >= 4 is 17.6 Å². The highest BCUT2D eigenvalue weighted by atomic mass is 19.1. The summed E-state index contributed by atoms with van der Waals surface area (Å²) in [6.45, 7) is 0. The number of hydrogen-bond donors (Lipinski definition) is 1. The van der Waals surface area contributed by atoms with Crippen molar-refractivity contribution in [3.63, 3.8) is 0 Å². The second-order valence-electron chi connectivity index (χ2n) is 5.92. The van der Waals surface area contributed by atoms with Crippen LogP contribution in [0.1, 0.15) is 23.2 Å². The monoisotopic (exact) mass is 360 g/mol. The van der Waals surface area contributed by atoms with Crippen molar-refractivity contribution < 1.29 is 23.5 Å². The maximum absolute atomic E-state index is 13.8. The van der Waals surface area contributed by atoms with Crippen LogP contribution in [0.15, 0.2) is 41.3 Å². The van der Waals surface area contributed by atoms with Crippen LogP contribution in [0.4, 0.5) is 10.1 Å². The third kappa shape index (κ3) is 2.94. The van der Waals surface area contributed by atoms with Gasteiger partial charge in [-0.25, -0.2) is 9.18 Å². The molecule has 1 saturated carbocycles. The molecular weight excluding hydrogens is 343 g/mol. The van der Waals surface area contributed by atoms with Gasteiger partial charge >= 0.3 is 5.97 Å². The van der Waals surface area contributed by atoms with E-state index >= 15 is 0 Å². The predicted octanol–water partition coefficient (Wildman–Crippen LogP) is 1.91. The van der Waals surface area contributed by atoms with Gasteiger partial charge < -0.3 is 14.8 Å². The fraction of sp³-hybridized carbons (Fsp3) is 0.278. The standard InChI is InChI=1S/C18H17FN2O5/c1-25-14-6-5-11(10-12(14)19)15(22)20-13-4-3-9-21(16(13)23)18(7-8-18)17(24)26-2/h3-6,9-10H,7-8H2,1-2H3,(H,20,22). The fourth-order valence-corrected chi connectivity index (χ4v) is 2.78. The van der Waals surface area contributed by atoms with Crippen LogP contribution >= 0.6 is 0 Å². The van der Waals surface area contributed by atoms with Crippen molar-refractivity contribution in [2.75, 3.05) is 19.5 Å². The molecule has 1 heterocycles. The minimum Gasteiger partial charge on any atom is -0.494 e. The molecule has 0 unspecified atom stereocenters. The topological polar surface area (TPSA) is 86.6 Å². The van der Waals surface area contributed by atoms with E-state index in [-0.39, 0.29) is 17.0 Å². The first-order valence-electron chi connectivity index (χ1n) is 7.88. The van der Waals surface area contributed by atoms with Crippen molar-refractivity contribution in [2.45, 2.75) is 18.4 Å². The Morgan fingerprint density at radius 1 is 1.23 bits per heavy atom. The van der Waals surface area contributed by atoms with Gasteiger partial charge in [0.25, 0.3) is 11.5 Å². The van der Waals surface area contributed by atoms with Gasteiger partial charge in [-0.3, -0.25) is 14.2 Å². The average molecular weight is 360 g/mol. The smallest absolute Gasteiger partial charge is 0.332 e. The third-order valence-electron chi connectivity index (χ3n) is 4.36. The summed E-state index contributed by atoms with van der Waals surface area (Å²) in [5, 5.41) is 2.46. The lowest BCUT2D eigenvalue weighted by atomic mass is 10.2. The Morgan fingerprint density at radius 3 is 2.54 bits per heavy atom. The van der Waals surface area contributed by atoms with Crippen LogP contribution in [0, 0.1) is 5.82 Å². The molecule has 1 amide bonds. The zero-order chi connectivity index (χ0) is 18.9. The van der Waals surface area contributed by atoms with Crippen molar-refractivity contribution in [2.24, 2.45) is 0 Å². The maximum atomic E-state index is 13.8. The molecule has 8 heteroatoms. The van der Waals surface area contributed by atoms with Crippen LogP contribution < -0.4 is 15.6 Å². The van der Waals surface area contributed by atoms with E-state index in [2.05, 4.69) is 5.32 Å². The molecule has 1 aliphatic carbocycles. The molecule has 0 aliphatic heterocycles. The normalized spacial score (nSPS) is 14.4. The lowest BCUT2D eigenvalue weighted by Crippen LogP contribution is -2.38. The summed E-state index contributed by atoms with van der Waals surface area (Å²) in [7, 11) is 2.58. The van der Waals surface area contributed by atoms with E-state index in [1.807, 2.05) is 0 Å². The number of benzene rings is 1. The van der Waals surface area contributed by atoms with E-state index in [9.17, 15) is 18.8 Å². The minimum absolute atomic E-state index is 0.0103. The molecule has 1 aromatic carbocycles. The minimum atomic E-state index is -1.02. The molecular formula is C18H17FN2O5. The number of nitrogens with one attached hydrogen (secondary N) is 1. The molecule has 1 N–H and O–H groups in total. The van der Waals surface area contributed by atoms with Gasteiger partial charge in [-0.2, -0.15) is 0 Å². The fourth-order valence-electron chi connectivity index (χ4n) is 2.78. The van der Waals surface area contributed by atoms with E-state index in [1.165, 1.54) is 43.2 Å². The highest BCUT2D eigenvalue weighted by molar-refractivity contribution is 6.04. The molecule has 7 nitrogen and oxygen atoms in total. The second kappa shape index (κ2) is 6.62. The maximum Gasteiger partial charge on any atom is 0.332 e. The Labute approximate surface area is 148 Å². The van der Waals surface area contributed by atoms with Crippen LogP contribution in [0.3, 0.4) is 0 Å². The Morgan fingerprint density at radius 2 is 1.96 bits per heavy atom. The van der Waals surface area contributed by atoms with Gasteiger partial charge in [-0.1, -0.05) is 0 Å². The van der Waals surface area contributed by atoms with E-state index in [4.69, 9.17) is 9.47 Å². The van der Waals surface area contributed by atoms with Gasteiger partial charge in [0.05, 0.1) is 14.2 Å². The summed E-state index contributed by atoms with van der Waals surface area (Å²) in [6, 6.07) is 6.70. The summed E-state index contributed by atoms with van der Waals surface area (Å²) in [4.78, 5) is 37.0. The van der Waals surface area contributed by atoms with Gasteiger partial charge in [0.15, 0.2) is 11.6 Å².